The first-order valence-electron chi connectivity index (χ1n) is 8.37. The Bertz CT molecular complexity index is 254. The fraction of sp³-hybridized carbons (Fsp3) is 1.00. The zero-order valence-corrected chi connectivity index (χ0v) is 15.6. The second-order valence-electron chi connectivity index (χ2n) is 8.85. The van der Waals surface area contributed by atoms with Crippen molar-refractivity contribution in [2.45, 2.75) is 82.6 Å². The Balaban J connectivity index is 5.46. The van der Waals surface area contributed by atoms with Gasteiger partial charge in [-0.05, 0) is 40.4 Å². The molecule has 0 heteroatoms. The van der Waals surface area contributed by atoms with Gasteiger partial charge in [0.1, 0.15) is 0 Å². The van der Waals surface area contributed by atoms with Crippen LogP contribution in [-0.2, 0) is 0 Å². The van der Waals surface area contributed by atoms with E-state index >= 15 is 0 Å². The van der Waals surface area contributed by atoms with Gasteiger partial charge in [-0.3, -0.25) is 0 Å². The summed E-state index contributed by atoms with van der Waals surface area (Å²) in [5.41, 5.74) is 0.719. The minimum Gasteiger partial charge on any atom is -0.0651 e. The van der Waals surface area contributed by atoms with Gasteiger partial charge in [-0.15, -0.1) is 0 Å². The maximum atomic E-state index is 2.50. The van der Waals surface area contributed by atoms with Crippen molar-refractivity contribution < 1.29 is 0 Å². The third-order valence-electron chi connectivity index (χ3n) is 6.47. The van der Waals surface area contributed by atoms with Crippen LogP contribution < -0.4 is 0 Å². The summed E-state index contributed by atoms with van der Waals surface area (Å²) in [4.78, 5) is 0. The molecule has 0 N–H and O–H groups in total. The summed E-state index contributed by atoms with van der Waals surface area (Å²) < 4.78 is 0. The van der Waals surface area contributed by atoms with Crippen LogP contribution in [-0.4, -0.2) is 0 Å². The average molecular weight is 269 g/mol. The molecule has 0 aromatic heterocycles. The number of rotatable bonds is 6. The first-order chi connectivity index (χ1) is 8.37. The van der Waals surface area contributed by atoms with E-state index < -0.39 is 0 Å². The lowest BCUT2D eigenvalue weighted by Gasteiger charge is -2.51. The van der Waals surface area contributed by atoms with Gasteiger partial charge in [0.05, 0.1) is 0 Å². The lowest BCUT2D eigenvalue weighted by atomic mass is 9.53. The highest BCUT2D eigenvalue weighted by Gasteiger charge is 2.45. The zero-order valence-electron chi connectivity index (χ0n) is 15.6. The van der Waals surface area contributed by atoms with Crippen LogP contribution >= 0.6 is 0 Å². The summed E-state index contributed by atoms with van der Waals surface area (Å²) >= 11 is 0. The van der Waals surface area contributed by atoms with Gasteiger partial charge in [-0.25, -0.2) is 0 Å². The molecule has 0 saturated heterocycles. The second-order valence-corrected chi connectivity index (χ2v) is 8.85. The molecule has 4 atom stereocenters. The van der Waals surface area contributed by atoms with Gasteiger partial charge >= 0.3 is 0 Å². The lowest BCUT2D eigenvalue weighted by Crippen LogP contribution is -2.45. The van der Waals surface area contributed by atoms with Crippen LogP contribution in [0.1, 0.15) is 82.6 Å². The van der Waals surface area contributed by atoms with Crippen molar-refractivity contribution in [2.75, 3.05) is 0 Å². The molecule has 0 fully saturated rings. The smallest absolute Gasteiger partial charge is 0.0272 e. The summed E-state index contributed by atoms with van der Waals surface area (Å²) in [7, 11) is 0. The van der Waals surface area contributed by atoms with Crippen LogP contribution in [0.3, 0.4) is 0 Å². The molecular weight excluding hydrogens is 228 g/mol. The van der Waals surface area contributed by atoms with Crippen LogP contribution in [0.5, 0.6) is 0 Å². The van der Waals surface area contributed by atoms with Crippen molar-refractivity contribution in [3.63, 3.8) is 0 Å². The van der Waals surface area contributed by atoms with E-state index in [0.29, 0.717) is 10.8 Å². The fourth-order valence-electron chi connectivity index (χ4n) is 3.57. The van der Waals surface area contributed by atoms with E-state index in [-0.39, 0.29) is 0 Å². The lowest BCUT2D eigenvalue weighted by molar-refractivity contribution is -0.0293. The quantitative estimate of drug-likeness (QED) is 0.506. The van der Waals surface area contributed by atoms with Crippen molar-refractivity contribution >= 4 is 0 Å². The third kappa shape index (κ3) is 4.23. The van der Waals surface area contributed by atoms with Gasteiger partial charge in [-0.2, -0.15) is 0 Å². The number of hydrogen-bond acceptors (Lipinski definition) is 0. The molecule has 0 nitrogen and oxygen atoms in total. The van der Waals surface area contributed by atoms with Crippen LogP contribution in [0.2, 0.25) is 0 Å². The van der Waals surface area contributed by atoms with E-state index in [1.807, 2.05) is 0 Å². The Morgan fingerprint density at radius 2 is 1.16 bits per heavy atom. The Morgan fingerprint density at radius 3 is 1.42 bits per heavy atom. The largest absolute Gasteiger partial charge is 0.0651 e. The normalized spacial score (nSPS) is 20.2. The van der Waals surface area contributed by atoms with Crippen molar-refractivity contribution in [1.82, 2.24) is 0 Å². The maximum absolute atomic E-state index is 2.50. The third-order valence-corrected chi connectivity index (χ3v) is 6.47. The molecule has 0 bridgehead atoms. The predicted molar refractivity (Wildman–Crippen MR) is 89.3 cm³/mol. The molecule has 0 heterocycles. The van der Waals surface area contributed by atoms with E-state index in [1.165, 1.54) is 6.42 Å². The molecule has 0 aliphatic carbocycles. The molecule has 0 spiro atoms. The second kappa shape index (κ2) is 6.64. The molecule has 0 aromatic carbocycles. The molecule has 0 amide bonds. The Morgan fingerprint density at radius 1 is 0.737 bits per heavy atom. The fourth-order valence-corrected chi connectivity index (χ4v) is 3.57. The summed E-state index contributed by atoms with van der Waals surface area (Å²) in [6.07, 6.45) is 1.29. The molecule has 4 unspecified atom stereocenters. The molecule has 0 aliphatic heterocycles. The first-order valence-corrected chi connectivity index (χ1v) is 8.37. The van der Waals surface area contributed by atoms with Crippen LogP contribution in [0.15, 0.2) is 0 Å². The summed E-state index contributed by atoms with van der Waals surface area (Å²) in [5, 5.41) is 0. The predicted octanol–water partition coefficient (Wildman–Crippen LogP) is 6.65. The molecule has 0 rings (SSSR count). The van der Waals surface area contributed by atoms with Crippen molar-refractivity contribution in [3.8, 4) is 0 Å². The van der Waals surface area contributed by atoms with Crippen LogP contribution in [0, 0.1) is 40.4 Å². The topological polar surface area (TPSA) is 0 Å². The highest BCUT2D eigenvalue weighted by molar-refractivity contribution is 4.94. The Labute approximate surface area is 123 Å². The van der Waals surface area contributed by atoms with Gasteiger partial charge in [0.25, 0.3) is 0 Å². The first kappa shape index (κ1) is 19.0. The minimum atomic E-state index is 0.353. The Kier molecular flexibility index (Phi) is 6.64. The average Bonchev–Trinajstić information content (AvgIpc) is 2.25. The standard InChI is InChI=1S/C19H40/c1-12-14(4)17(16(6)15(5)13(2)3)19(10,11)18(7,8)9/h13-17H,12H2,1-11H3. The van der Waals surface area contributed by atoms with Crippen LogP contribution in [0.4, 0.5) is 0 Å². The summed E-state index contributed by atoms with van der Waals surface area (Å²) in [5.74, 6) is 3.93. The van der Waals surface area contributed by atoms with Gasteiger partial charge in [0.2, 0.25) is 0 Å². The molecule has 0 aliphatic rings. The molecule has 116 valence electrons. The van der Waals surface area contributed by atoms with Crippen molar-refractivity contribution in [3.05, 3.63) is 0 Å². The van der Waals surface area contributed by atoms with Gasteiger partial charge < -0.3 is 0 Å². The van der Waals surface area contributed by atoms with E-state index in [4.69, 9.17) is 0 Å². The maximum Gasteiger partial charge on any atom is -0.0272 e. The van der Waals surface area contributed by atoms with E-state index in [9.17, 15) is 0 Å². The molecule has 0 aromatic rings. The van der Waals surface area contributed by atoms with Crippen molar-refractivity contribution in [2.24, 2.45) is 40.4 Å². The van der Waals surface area contributed by atoms with Gasteiger partial charge in [0.15, 0.2) is 0 Å². The van der Waals surface area contributed by atoms with Crippen molar-refractivity contribution in [1.29, 1.82) is 0 Å². The zero-order chi connectivity index (χ0) is 15.6. The summed E-state index contributed by atoms with van der Waals surface area (Å²) in [6, 6.07) is 0. The molecular formula is C19H40. The number of hydrogen-bond donors (Lipinski definition) is 0. The van der Waals surface area contributed by atoms with E-state index in [0.717, 1.165) is 29.6 Å². The Hall–Kier alpha value is 0. The monoisotopic (exact) mass is 268 g/mol. The molecule has 0 radical (unpaired) electrons. The SMILES string of the molecule is CCC(C)C(C(C)C(C)C(C)C)C(C)(C)C(C)(C)C. The van der Waals surface area contributed by atoms with Gasteiger partial charge in [0, 0.05) is 0 Å². The minimum absolute atomic E-state index is 0.353. The van der Waals surface area contributed by atoms with E-state index in [1.54, 1.807) is 0 Å². The van der Waals surface area contributed by atoms with Crippen LogP contribution in [0.25, 0.3) is 0 Å². The summed E-state index contributed by atoms with van der Waals surface area (Å²) in [6.45, 7) is 26.7. The van der Waals surface area contributed by atoms with Gasteiger partial charge in [-0.1, -0.05) is 82.6 Å². The highest BCUT2D eigenvalue weighted by Crippen LogP contribution is 2.52. The molecule has 19 heavy (non-hydrogen) atoms. The highest BCUT2D eigenvalue weighted by atomic mass is 14.5. The van der Waals surface area contributed by atoms with E-state index in [2.05, 4.69) is 76.2 Å². The molecule has 0 saturated carbocycles.